The molecule has 8 heteroatoms. The minimum absolute atomic E-state index is 0.205. The number of anilines is 1. The van der Waals surface area contributed by atoms with Crippen molar-refractivity contribution in [2.45, 2.75) is 24.2 Å². The zero-order valence-electron chi connectivity index (χ0n) is 17.2. The Bertz CT molecular complexity index is 1180. The van der Waals surface area contributed by atoms with Gasteiger partial charge in [0.25, 0.3) is 5.91 Å². The van der Waals surface area contributed by atoms with Crippen molar-refractivity contribution >= 4 is 34.7 Å². The summed E-state index contributed by atoms with van der Waals surface area (Å²) >= 11 is 3.00. The van der Waals surface area contributed by atoms with Crippen molar-refractivity contribution in [2.75, 3.05) is 5.32 Å². The Morgan fingerprint density at radius 3 is 2.62 bits per heavy atom. The number of carbonyl (C=O) groups is 1. The zero-order chi connectivity index (χ0) is 22.3. The van der Waals surface area contributed by atoms with Crippen molar-refractivity contribution in [3.05, 3.63) is 100 Å². The molecule has 0 saturated heterocycles. The SMILES string of the molecule is Cc1nc(COc2ccc(F)cc2)sc1C(=O)Nc1ccc(SCc2cccnc2)cc1. The second-order valence-electron chi connectivity index (χ2n) is 6.89. The van der Waals surface area contributed by atoms with Gasteiger partial charge in [-0.3, -0.25) is 9.78 Å². The van der Waals surface area contributed by atoms with Gasteiger partial charge < -0.3 is 10.1 Å². The van der Waals surface area contributed by atoms with Gasteiger partial charge in [-0.15, -0.1) is 23.1 Å². The van der Waals surface area contributed by atoms with Gasteiger partial charge in [0.05, 0.1) is 5.69 Å². The predicted molar refractivity (Wildman–Crippen MR) is 126 cm³/mol. The van der Waals surface area contributed by atoms with Gasteiger partial charge in [-0.25, -0.2) is 9.37 Å². The number of benzene rings is 2. The quantitative estimate of drug-likeness (QED) is 0.318. The van der Waals surface area contributed by atoms with Crippen LogP contribution in [0.25, 0.3) is 0 Å². The summed E-state index contributed by atoms with van der Waals surface area (Å²) in [6, 6.07) is 17.5. The number of halogens is 1. The largest absolute Gasteiger partial charge is 0.486 e. The molecule has 1 amide bonds. The first kappa shape index (κ1) is 22.0. The summed E-state index contributed by atoms with van der Waals surface area (Å²) in [6.07, 6.45) is 3.62. The second kappa shape index (κ2) is 10.4. The molecule has 0 fully saturated rings. The summed E-state index contributed by atoms with van der Waals surface area (Å²) in [5, 5.41) is 3.60. The highest BCUT2D eigenvalue weighted by molar-refractivity contribution is 7.98. The molecule has 32 heavy (non-hydrogen) atoms. The van der Waals surface area contributed by atoms with E-state index in [4.69, 9.17) is 4.74 Å². The van der Waals surface area contributed by atoms with Gasteiger partial charge in [-0.2, -0.15) is 0 Å². The smallest absolute Gasteiger partial charge is 0.267 e. The van der Waals surface area contributed by atoms with Crippen LogP contribution in [0.15, 0.2) is 78.0 Å². The van der Waals surface area contributed by atoms with Crippen LogP contribution in [-0.2, 0) is 12.4 Å². The summed E-state index contributed by atoms with van der Waals surface area (Å²) in [5.74, 6) is 0.861. The van der Waals surface area contributed by atoms with Gasteiger partial charge in [0.2, 0.25) is 0 Å². The molecule has 0 saturated carbocycles. The molecule has 1 N–H and O–H groups in total. The molecular weight excluding hydrogens is 445 g/mol. The highest BCUT2D eigenvalue weighted by Gasteiger charge is 2.16. The van der Waals surface area contributed by atoms with Gasteiger partial charge in [-0.1, -0.05) is 6.07 Å². The molecule has 4 aromatic rings. The van der Waals surface area contributed by atoms with Crippen molar-refractivity contribution in [1.82, 2.24) is 9.97 Å². The maximum atomic E-state index is 13.0. The highest BCUT2D eigenvalue weighted by Crippen LogP contribution is 2.25. The number of thioether (sulfide) groups is 1. The van der Waals surface area contributed by atoms with Crippen LogP contribution in [0.4, 0.5) is 10.1 Å². The van der Waals surface area contributed by atoms with E-state index < -0.39 is 0 Å². The van der Waals surface area contributed by atoms with Crippen LogP contribution in [0.2, 0.25) is 0 Å². The van der Waals surface area contributed by atoms with Crippen molar-refractivity contribution in [1.29, 1.82) is 0 Å². The molecule has 0 aliphatic carbocycles. The molecule has 0 spiro atoms. The Labute approximate surface area is 193 Å². The third-order valence-electron chi connectivity index (χ3n) is 4.46. The normalized spacial score (nSPS) is 10.7. The van der Waals surface area contributed by atoms with Crippen LogP contribution in [-0.4, -0.2) is 15.9 Å². The number of nitrogens with one attached hydrogen (secondary N) is 1. The van der Waals surface area contributed by atoms with Gasteiger partial charge in [0, 0.05) is 28.7 Å². The highest BCUT2D eigenvalue weighted by atomic mass is 32.2. The number of aromatic nitrogens is 2. The minimum atomic E-state index is -0.318. The summed E-state index contributed by atoms with van der Waals surface area (Å²) in [6.45, 7) is 2.01. The standard InChI is InChI=1S/C24H20FN3O2S2/c1-16-23(32-22(27-16)14-30-20-8-4-18(25)5-9-20)24(29)28-19-6-10-21(11-7-19)31-15-17-3-2-12-26-13-17/h2-13H,14-15H2,1H3,(H,28,29). The van der Waals surface area contributed by atoms with E-state index in [1.165, 1.54) is 23.5 Å². The van der Waals surface area contributed by atoms with Crippen LogP contribution >= 0.6 is 23.1 Å². The first-order valence-electron chi connectivity index (χ1n) is 9.84. The fourth-order valence-corrected chi connectivity index (χ4v) is 4.58. The first-order chi connectivity index (χ1) is 15.6. The minimum Gasteiger partial charge on any atom is -0.486 e. The molecule has 0 aliphatic rings. The molecule has 0 radical (unpaired) electrons. The average molecular weight is 466 g/mol. The number of carbonyl (C=O) groups excluding carboxylic acids is 1. The van der Waals surface area contributed by atoms with E-state index in [0.717, 1.165) is 21.9 Å². The molecule has 0 unspecified atom stereocenters. The Kier molecular flexibility index (Phi) is 7.14. The van der Waals surface area contributed by atoms with Gasteiger partial charge in [-0.05, 0) is 67.1 Å². The number of pyridine rings is 1. The monoisotopic (exact) mass is 465 g/mol. The van der Waals surface area contributed by atoms with E-state index in [-0.39, 0.29) is 18.3 Å². The van der Waals surface area contributed by atoms with Crippen molar-refractivity contribution in [2.24, 2.45) is 0 Å². The lowest BCUT2D eigenvalue weighted by Crippen LogP contribution is -2.11. The van der Waals surface area contributed by atoms with Gasteiger partial charge in [0.15, 0.2) is 0 Å². The third kappa shape index (κ3) is 5.93. The molecule has 162 valence electrons. The molecule has 4 rings (SSSR count). The molecule has 0 bridgehead atoms. The zero-order valence-corrected chi connectivity index (χ0v) is 18.9. The van der Waals surface area contributed by atoms with Crippen LogP contribution < -0.4 is 10.1 Å². The van der Waals surface area contributed by atoms with E-state index in [9.17, 15) is 9.18 Å². The van der Waals surface area contributed by atoms with Crippen molar-refractivity contribution < 1.29 is 13.9 Å². The third-order valence-corrected chi connectivity index (χ3v) is 6.68. The second-order valence-corrected chi connectivity index (χ2v) is 9.03. The molecule has 5 nitrogen and oxygen atoms in total. The van der Waals surface area contributed by atoms with Gasteiger partial charge in [0.1, 0.15) is 28.1 Å². The maximum Gasteiger partial charge on any atom is 0.267 e. The summed E-state index contributed by atoms with van der Waals surface area (Å²) < 4.78 is 18.6. The van der Waals surface area contributed by atoms with E-state index >= 15 is 0 Å². The van der Waals surface area contributed by atoms with Crippen LogP contribution in [0.5, 0.6) is 5.75 Å². The summed E-state index contributed by atoms with van der Waals surface area (Å²) in [7, 11) is 0. The number of aryl methyl sites for hydroxylation is 1. The predicted octanol–water partition coefficient (Wildman–Crippen LogP) is 6.11. The van der Waals surface area contributed by atoms with E-state index in [1.807, 2.05) is 42.6 Å². The van der Waals surface area contributed by atoms with Crippen LogP contribution in [0, 0.1) is 12.7 Å². The van der Waals surface area contributed by atoms with Gasteiger partial charge >= 0.3 is 0 Å². The van der Waals surface area contributed by atoms with E-state index in [0.29, 0.717) is 21.3 Å². The maximum absolute atomic E-state index is 13.0. The lowest BCUT2D eigenvalue weighted by atomic mass is 10.3. The summed E-state index contributed by atoms with van der Waals surface area (Å²) in [4.78, 5) is 22.9. The van der Waals surface area contributed by atoms with Crippen LogP contribution in [0.1, 0.15) is 25.9 Å². The number of hydrogen-bond acceptors (Lipinski definition) is 6. The number of hydrogen-bond donors (Lipinski definition) is 1. The molecule has 2 heterocycles. The fraction of sp³-hybridized carbons (Fsp3) is 0.125. The summed E-state index contributed by atoms with van der Waals surface area (Å²) in [5.41, 5.74) is 2.53. The number of rotatable bonds is 8. The molecule has 0 atom stereocenters. The average Bonchev–Trinajstić information content (AvgIpc) is 3.19. The fourth-order valence-electron chi connectivity index (χ4n) is 2.87. The van der Waals surface area contributed by atoms with Crippen LogP contribution in [0.3, 0.4) is 0 Å². The Balaban J connectivity index is 1.32. The van der Waals surface area contributed by atoms with Crippen molar-refractivity contribution in [3.8, 4) is 5.75 Å². The topological polar surface area (TPSA) is 64.1 Å². The lowest BCUT2D eigenvalue weighted by Gasteiger charge is -2.06. The molecule has 2 aromatic carbocycles. The van der Waals surface area contributed by atoms with Crippen molar-refractivity contribution in [3.63, 3.8) is 0 Å². The van der Waals surface area contributed by atoms with E-state index in [1.54, 1.807) is 37.0 Å². The number of nitrogens with zero attached hydrogens (tertiary/aromatic N) is 2. The first-order valence-corrected chi connectivity index (χ1v) is 11.6. The number of thiazole rings is 1. The Morgan fingerprint density at radius 2 is 1.91 bits per heavy atom. The van der Waals surface area contributed by atoms with E-state index in [2.05, 4.69) is 15.3 Å². The molecule has 0 aliphatic heterocycles. The number of amides is 1. The lowest BCUT2D eigenvalue weighted by molar-refractivity contribution is 0.103. The molecular formula is C24H20FN3O2S2. The Morgan fingerprint density at radius 1 is 1.12 bits per heavy atom. The number of ether oxygens (including phenoxy) is 1. The Hall–Kier alpha value is -3.23. The molecule has 2 aromatic heterocycles.